The lowest BCUT2D eigenvalue weighted by molar-refractivity contribution is -0.128. The topological polar surface area (TPSA) is 118 Å². The molecule has 3 N–H and O–H groups in total. The summed E-state index contributed by atoms with van der Waals surface area (Å²) in [7, 11) is 0. The Labute approximate surface area is 200 Å². The van der Waals surface area contributed by atoms with Gasteiger partial charge in [0.1, 0.15) is 16.5 Å². The summed E-state index contributed by atoms with van der Waals surface area (Å²) in [6.45, 7) is 0.445. The third kappa shape index (κ3) is 4.38. The van der Waals surface area contributed by atoms with Crippen molar-refractivity contribution in [1.82, 2.24) is 15.6 Å². The number of hydrogen-bond acceptors (Lipinski definition) is 6. The van der Waals surface area contributed by atoms with Crippen LogP contribution in [0.1, 0.15) is 44.6 Å². The molecule has 0 aliphatic heterocycles. The molecular weight excluding hydrogens is 454 g/mol. The molecule has 2 aromatic carbocycles. The Morgan fingerprint density at radius 1 is 1.03 bits per heavy atom. The van der Waals surface area contributed by atoms with Crippen LogP contribution in [0, 0.1) is 5.92 Å². The zero-order valence-electron chi connectivity index (χ0n) is 18.2. The Balaban J connectivity index is 1.07. The lowest BCUT2D eigenvalue weighted by Gasteiger charge is -2.34. The monoisotopic (exact) mass is 477 g/mol. The number of carboxylic acids is 1. The van der Waals surface area contributed by atoms with Gasteiger partial charge >= 0.3 is 12.1 Å². The molecule has 3 aromatic rings. The van der Waals surface area contributed by atoms with E-state index in [-0.39, 0.29) is 41.8 Å². The molecule has 34 heavy (non-hydrogen) atoms. The zero-order chi connectivity index (χ0) is 23.7. The van der Waals surface area contributed by atoms with Crippen LogP contribution in [0.4, 0.5) is 4.79 Å². The van der Waals surface area contributed by atoms with Crippen molar-refractivity contribution in [1.29, 1.82) is 0 Å². The number of alkyl carbamates (subject to hydrolysis) is 1. The molecule has 1 heterocycles. The van der Waals surface area contributed by atoms with Gasteiger partial charge in [0.2, 0.25) is 5.91 Å². The largest absolute Gasteiger partial charge is 0.477 e. The summed E-state index contributed by atoms with van der Waals surface area (Å²) < 4.78 is 5.56. The number of nitrogens with zero attached hydrogens (tertiary/aromatic N) is 1. The van der Waals surface area contributed by atoms with Crippen molar-refractivity contribution in [2.45, 2.75) is 31.3 Å². The van der Waals surface area contributed by atoms with E-state index in [4.69, 9.17) is 9.84 Å². The average Bonchev–Trinajstić information content (AvgIpc) is 3.41. The van der Waals surface area contributed by atoms with Gasteiger partial charge in [-0.25, -0.2) is 14.6 Å². The molecule has 0 radical (unpaired) electrons. The molecule has 0 saturated heterocycles. The second-order valence-electron chi connectivity index (χ2n) is 8.48. The van der Waals surface area contributed by atoms with E-state index in [9.17, 15) is 14.4 Å². The van der Waals surface area contributed by atoms with Crippen LogP contribution in [-0.2, 0) is 16.1 Å². The maximum Gasteiger partial charge on any atom is 0.407 e. The predicted molar refractivity (Wildman–Crippen MR) is 126 cm³/mol. The molecular formula is C25H23N3O5S. The summed E-state index contributed by atoms with van der Waals surface area (Å²) >= 11 is 1.04. The molecule has 2 aliphatic rings. The highest BCUT2D eigenvalue weighted by Gasteiger charge is 2.36. The second kappa shape index (κ2) is 9.26. The van der Waals surface area contributed by atoms with Gasteiger partial charge in [0, 0.05) is 17.9 Å². The standard InChI is InChI=1S/C25H23N3O5S/c29-23(27-12-22-26-11-21(34-22)24(30)31)14-9-15(10-14)28-25(32)33-13-20-18-7-3-1-5-16(18)17-6-2-4-8-19(17)20/h1-8,11,14-15,20H,9-10,12-13H2,(H,27,29)(H,28,32)(H,30,31). The maximum atomic E-state index is 12.4. The highest BCUT2D eigenvalue weighted by atomic mass is 32.1. The van der Waals surface area contributed by atoms with Crippen molar-refractivity contribution in [3.05, 3.63) is 75.7 Å². The van der Waals surface area contributed by atoms with Crippen LogP contribution in [0.2, 0.25) is 0 Å². The number of rotatable bonds is 7. The zero-order valence-corrected chi connectivity index (χ0v) is 19.0. The molecule has 1 saturated carbocycles. The first kappa shape index (κ1) is 22.1. The van der Waals surface area contributed by atoms with Crippen molar-refractivity contribution in [2.75, 3.05) is 6.61 Å². The minimum Gasteiger partial charge on any atom is -0.477 e. The molecule has 1 fully saturated rings. The van der Waals surface area contributed by atoms with Crippen LogP contribution in [0.15, 0.2) is 54.7 Å². The third-order valence-corrected chi connectivity index (χ3v) is 7.34. The van der Waals surface area contributed by atoms with Crippen LogP contribution >= 0.6 is 11.3 Å². The molecule has 0 bridgehead atoms. The Bertz CT molecular complexity index is 1210. The van der Waals surface area contributed by atoms with Gasteiger partial charge in [-0.05, 0) is 35.1 Å². The minimum atomic E-state index is -1.03. The van der Waals surface area contributed by atoms with Crippen molar-refractivity contribution < 1.29 is 24.2 Å². The van der Waals surface area contributed by atoms with E-state index in [1.807, 2.05) is 24.3 Å². The first-order valence-electron chi connectivity index (χ1n) is 11.1. The molecule has 5 rings (SSSR count). The lowest BCUT2D eigenvalue weighted by atomic mass is 9.79. The highest BCUT2D eigenvalue weighted by molar-refractivity contribution is 7.13. The van der Waals surface area contributed by atoms with Crippen LogP contribution < -0.4 is 10.6 Å². The molecule has 9 heteroatoms. The number of aromatic carboxylic acids is 1. The van der Waals surface area contributed by atoms with Gasteiger partial charge in [0.15, 0.2) is 0 Å². The van der Waals surface area contributed by atoms with E-state index >= 15 is 0 Å². The Hall–Kier alpha value is -3.72. The lowest BCUT2D eigenvalue weighted by Crippen LogP contribution is -2.49. The van der Waals surface area contributed by atoms with Gasteiger partial charge < -0.3 is 20.5 Å². The van der Waals surface area contributed by atoms with Crippen LogP contribution in [0.3, 0.4) is 0 Å². The van der Waals surface area contributed by atoms with E-state index in [0.717, 1.165) is 22.5 Å². The second-order valence-corrected chi connectivity index (χ2v) is 9.59. The Morgan fingerprint density at radius 2 is 1.68 bits per heavy atom. The van der Waals surface area contributed by atoms with E-state index in [2.05, 4.69) is 39.9 Å². The van der Waals surface area contributed by atoms with Gasteiger partial charge in [-0.15, -0.1) is 11.3 Å². The van der Waals surface area contributed by atoms with Crippen molar-refractivity contribution in [2.24, 2.45) is 5.92 Å². The van der Waals surface area contributed by atoms with Crippen LogP contribution in [0.5, 0.6) is 0 Å². The molecule has 0 unspecified atom stereocenters. The number of fused-ring (bicyclic) bond motifs is 3. The molecule has 2 aliphatic carbocycles. The first-order chi connectivity index (χ1) is 16.5. The number of carbonyl (C=O) groups is 3. The van der Waals surface area contributed by atoms with Gasteiger partial charge in [0.05, 0.1) is 12.7 Å². The van der Waals surface area contributed by atoms with Gasteiger partial charge in [-0.2, -0.15) is 0 Å². The summed E-state index contributed by atoms with van der Waals surface area (Å²) in [6, 6.07) is 16.2. The van der Waals surface area contributed by atoms with Crippen LogP contribution in [0.25, 0.3) is 11.1 Å². The number of nitrogens with one attached hydrogen (secondary N) is 2. The molecule has 8 nitrogen and oxygen atoms in total. The summed E-state index contributed by atoms with van der Waals surface area (Å²) in [5.41, 5.74) is 4.67. The molecule has 1 aromatic heterocycles. The highest BCUT2D eigenvalue weighted by Crippen LogP contribution is 2.44. The van der Waals surface area contributed by atoms with Gasteiger partial charge in [-0.3, -0.25) is 4.79 Å². The summed E-state index contributed by atoms with van der Waals surface area (Å²) in [5, 5.41) is 15.1. The van der Waals surface area contributed by atoms with Gasteiger partial charge in [0.25, 0.3) is 0 Å². The normalized spacial score (nSPS) is 18.4. The number of ether oxygens (including phenoxy) is 1. The molecule has 0 atom stereocenters. The predicted octanol–water partition coefficient (Wildman–Crippen LogP) is 3.77. The Kier molecular flexibility index (Phi) is 6.02. The number of aromatic nitrogens is 1. The SMILES string of the molecule is O=C(NC1CC(C(=O)NCc2ncc(C(=O)O)s2)C1)OCC1c2ccccc2-c2ccccc21. The number of carbonyl (C=O) groups excluding carboxylic acids is 2. The van der Waals surface area contributed by atoms with Gasteiger partial charge in [-0.1, -0.05) is 48.5 Å². The Morgan fingerprint density at radius 3 is 2.29 bits per heavy atom. The molecule has 0 spiro atoms. The minimum absolute atomic E-state index is 0.00516. The summed E-state index contributed by atoms with van der Waals surface area (Å²) in [6.07, 6.45) is 1.88. The number of thiazole rings is 1. The van der Waals surface area contributed by atoms with E-state index < -0.39 is 12.1 Å². The molecule has 174 valence electrons. The number of carboxylic acid groups (broad SMARTS) is 1. The maximum absolute atomic E-state index is 12.4. The quantitative estimate of drug-likeness (QED) is 0.477. The molecule has 2 amide bonds. The van der Waals surface area contributed by atoms with E-state index in [1.165, 1.54) is 17.3 Å². The first-order valence-corrected chi connectivity index (χ1v) is 11.9. The number of hydrogen-bond donors (Lipinski definition) is 3. The van der Waals surface area contributed by atoms with Crippen molar-refractivity contribution in [3.63, 3.8) is 0 Å². The number of amides is 2. The van der Waals surface area contributed by atoms with Crippen molar-refractivity contribution >= 4 is 29.3 Å². The smallest absolute Gasteiger partial charge is 0.407 e. The third-order valence-electron chi connectivity index (χ3n) is 6.35. The fraction of sp³-hybridized carbons (Fsp3) is 0.280. The number of benzene rings is 2. The van der Waals surface area contributed by atoms with E-state index in [1.54, 1.807) is 0 Å². The summed E-state index contributed by atoms with van der Waals surface area (Å²) in [4.78, 5) is 39.7. The van der Waals surface area contributed by atoms with Crippen LogP contribution in [-0.4, -0.2) is 40.7 Å². The fourth-order valence-electron chi connectivity index (χ4n) is 4.55. The van der Waals surface area contributed by atoms with E-state index in [0.29, 0.717) is 17.8 Å². The summed E-state index contributed by atoms with van der Waals surface area (Å²) in [5.74, 6) is -1.35. The average molecular weight is 478 g/mol. The van der Waals surface area contributed by atoms with Crippen molar-refractivity contribution in [3.8, 4) is 11.1 Å². The fourth-order valence-corrected chi connectivity index (χ4v) is 5.25.